The highest BCUT2D eigenvalue weighted by Gasteiger charge is 2.45. The number of benzene rings is 2. The summed E-state index contributed by atoms with van der Waals surface area (Å²) in [5.41, 5.74) is 0.164. The molecule has 0 saturated carbocycles. The predicted octanol–water partition coefficient (Wildman–Crippen LogP) is 6.32. The lowest BCUT2D eigenvalue weighted by molar-refractivity contribution is -0.138. The Kier molecular flexibility index (Phi) is 3.80. The first-order valence-electron chi connectivity index (χ1n) is 7.95. The number of fused-ring (bicyclic) bond motifs is 3. The highest BCUT2D eigenvalue weighted by atomic mass is 35.5. The number of nitrogens with one attached hydrogen (secondary N) is 1. The number of halogens is 5. The molecule has 1 aliphatic heterocycles. The highest BCUT2D eigenvalue weighted by molar-refractivity contribution is 6.33. The topological polar surface area (TPSA) is 12.0 Å². The van der Waals surface area contributed by atoms with Gasteiger partial charge in [0.1, 0.15) is 5.82 Å². The molecule has 0 fully saturated rings. The van der Waals surface area contributed by atoms with Crippen LogP contribution in [0.3, 0.4) is 0 Å². The van der Waals surface area contributed by atoms with Gasteiger partial charge in [0.2, 0.25) is 0 Å². The molecule has 0 bridgehead atoms. The van der Waals surface area contributed by atoms with Gasteiger partial charge < -0.3 is 5.32 Å². The molecule has 2 aliphatic rings. The molecule has 0 spiro atoms. The van der Waals surface area contributed by atoms with E-state index in [2.05, 4.69) is 5.32 Å². The van der Waals surface area contributed by atoms with Crippen molar-refractivity contribution in [2.24, 2.45) is 5.92 Å². The van der Waals surface area contributed by atoms with E-state index in [0.717, 1.165) is 6.07 Å². The van der Waals surface area contributed by atoms with Crippen molar-refractivity contribution in [2.45, 2.75) is 24.6 Å². The van der Waals surface area contributed by atoms with Gasteiger partial charge in [-0.25, -0.2) is 4.39 Å². The fourth-order valence-electron chi connectivity index (χ4n) is 3.96. The maximum atomic E-state index is 14.3. The van der Waals surface area contributed by atoms with Gasteiger partial charge in [-0.05, 0) is 36.1 Å². The normalized spacial score (nSPS) is 24.6. The van der Waals surface area contributed by atoms with Gasteiger partial charge >= 0.3 is 6.18 Å². The molecular formula is C19H14ClF4N. The largest absolute Gasteiger partial charge is 0.416 e. The zero-order valence-corrected chi connectivity index (χ0v) is 13.7. The zero-order valence-electron chi connectivity index (χ0n) is 12.9. The van der Waals surface area contributed by atoms with E-state index in [1.165, 1.54) is 12.1 Å². The van der Waals surface area contributed by atoms with Gasteiger partial charge in [0.25, 0.3) is 0 Å². The predicted molar refractivity (Wildman–Crippen MR) is 89.2 cm³/mol. The van der Waals surface area contributed by atoms with Crippen LogP contribution in [0.1, 0.15) is 35.1 Å². The first kappa shape index (κ1) is 16.5. The van der Waals surface area contributed by atoms with Gasteiger partial charge in [0, 0.05) is 11.5 Å². The second-order valence-corrected chi connectivity index (χ2v) is 6.79. The SMILES string of the molecule is Fc1ccccc1[C@@H]1Nc2c(Cl)ccc(C(F)(F)F)c2[C@@H]2C=CC[C@H]21. The summed E-state index contributed by atoms with van der Waals surface area (Å²) in [6.07, 6.45) is -0.243. The molecule has 1 heterocycles. The molecule has 2 aromatic carbocycles. The Morgan fingerprint density at radius 1 is 1.08 bits per heavy atom. The summed E-state index contributed by atoms with van der Waals surface area (Å²) in [6.45, 7) is 0. The molecule has 6 heteroatoms. The number of hydrogen-bond acceptors (Lipinski definition) is 1. The van der Waals surface area contributed by atoms with Gasteiger partial charge in [0.05, 0.1) is 22.3 Å². The Labute approximate surface area is 147 Å². The first-order valence-corrected chi connectivity index (χ1v) is 8.33. The van der Waals surface area contributed by atoms with Crippen molar-refractivity contribution in [1.29, 1.82) is 0 Å². The van der Waals surface area contributed by atoms with E-state index in [4.69, 9.17) is 11.6 Å². The lowest BCUT2D eigenvalue weighted by Crippen LogP contribution is -2.31. The Morgan fingerprint density at radius 2 is 1.84 bits per heavy atom. The molecule has 25 heavy (non-hydrogen) atoms. The van der Waals surface area contributed by atoms with E-state index in [0.29, 0.717) is 12.0 Å². The van der Waals surface area contributed by atoms with E-state index in [9.17, 15) is 17.6 Å². The molecular weight excluding hydrogens is 354 g/mol. The van der Waals surface area contributed by atoms with E-state index in [1.807, 2.05) is 6.08 Å². The van der Waals surface area contributed by atoms with Crippen molar-refractivity contribution in [2.75, 3.05) is 5.32 Å². The fourth-order valence-corrected chi connectivity index (χ4v) is 4.18. The average Bonchev–Trinajstić information content (AvgIpc) is 3.04. The highest BCUT2D eigenvalue weighted by Crippen LogP contribution is 2.54. The lowest BCUT2D eigenvalue weighted by Gasteiger charge is -2.39. The number of allylic oxidation sites excluding steroid dienone is 2. The summed E-state index contributed by atoms with van der Waals surface area (Å²) in [5.74, 6) is -1.02. The number of rotatable bonds is 1. The molecule has 1 N–H and O–H groups in total. The number of alkyl halides is 3. The van der Waals surface area contributed by atoms with E-state index >= 15 is 0 Å². The molecule has 0 aromatic heterocycles. The second-order valence-electron chi connectivity index (χ2n) is 6.38. The third-order valence-corrected chi connectivity index (χ3v) is 5.33. The Morgan fingerprint density at radius 3 is 2.56 bits per heavy atom. The van der Waals surface area contributed by atoms with Crippen LogP contribution in [0, 0.1) is 11.7 Å². The van der Waals surface area contributed by atoms with Gasteiger partial charge in [-0.1, -0.05) is 42.0 Å². The van der Waals surface area contributed by atoms with Crippen LogP contribution in [-0.4, -0.2) is 0 Å². The van der Waals surface area contributed by atoms with E-state index < -0.39 is 23.7 Å². The van der Waals surface area contributed by atoms with Crippen molar-refractivity contribution in [3.63, 3.8) is 0 Å². The summed E-state index contributed by atoms with van der Waals surface area (Å²) in [7, 11) is 0. The minimum atomic E-state index is -4.47. The van der Waals surface area contributed by atoms with Crippen molar-refractivity contribution < 1.29 is 17.6 Å². The second kappa shape index (κ2) is 5.77. The van der Waals surface area contributed by atoms with Gasteiger partial charge in [-0.3, -0.25) is 0 Å². The van der Waals surface area contributed by atoms with Crippen LogP contribution in [-0.2, 0) is 6.18 Å². The summed E-state index contributed by atoms with van der Waals surface area (Å²) >= 11 is 6.20. The first-order chi connectivity index (χ1) is 11.9. The van der Waals surface area contributed by atoms with Gasteiger partial charge in [-0.2, -0.15) is 13.2 Å². The molecule has 3 atom stereocenters. The zero-order chi connectivity index (χ0) is 17.8. The van der Waals surface area contributed by atoms with Crippen LogP contribution in [0.25, 0.3) is 0 Å². The van der Waals surface area contributed by atoms with Crippen molar-refractivity contribution in [1.82, 2.24) is 0 Å². The molecule has 0 saturated heterocycles. The maximum absolute atomic E-state index is 14.3. The smallest absolute Gasteiger partial charge is 0.376 e. The van der Waals surface area contributed by atoms with Gasteiger partial charge in [-0.15, -0.1) is 0 Å². The molecule has 0 radical (unpaired) electrons. The quantitative estimate of drug-likeness (QED) is 0.459. The Bertz CT molecular complexity index is 859. The third-order valence-electron chi connectivity index (χ3n) is 5.01. The van der Waals surface area contributed by atoms with Crippen LogP contribution < -0.4 is 5.32 Å². The van der Waals surface area contributed by atoms with Crippen LogP contribution in [0.4, 0.5) is 23.2 Å². The molecule has 4 rings (SSSR count). The van der Waals surface area contributed by atoms with E-state index in [-0.39, 0.29) is 28.0 Å². The molecule has 0 unspecified atom stereocenters. The van der Waals surface area contributed by atoms with E-state index in [1.54, 1.807) is 24.3 Å². The number of anilines is 1. The van der Waals surface area contributed by atoms with Crippen molar-refractivity contribution in [3.8, 4) is 0 Å². The fraction of sp³-hybridized carbons (Fsp3) is 0.263. The monoisotopic (exact) mass is 367 g/mol. The summed E-state index contributed by atoms with van der Waals surface area (Å²) in [4.78, 5) is 0. The van der Waals surface area contributed by atoms with Crippen LogP contribution in [0.15, 0.2) is 48.6 Å². The minimum absolute atomic E-state index is 0.159. The van der Waals surface area contributed by atoms with Crippen molar-refractivity contribution >= 4 is 17.3 Å². The van der Waals surface area contributed by atoms with Crippen LogP contribution >= 0.6 is 11.6 Å². The molecule has 130 valence electrons. The summed E-state index contributed by atoms with van der Waals surface area (Å²) in [6, 6.07) is 8.17. The standard InChI is InChI=1S/C19H14ClF4N/c20-14-9-8-13(19(22,23)24)16-10-5-3-6-11(10)17(25-18(14)16)12-4-1-2-7-15(12)21/h1-5,7-11,17,25H,6H2/t10-,11-,17-/m1/s1. The molecule has 2 aromatic rings. The Balaban J connectivity index is 1.90. The van der Waals surface area contributed by atoms with Gasteiger partial charge in [0.15, 0.2) is 0 Å². The summed E-state index contributed by atoms with van der Waals surface area (Å²) < 4.78 is 54.8. The van der Waals surface area contributed by atoms with Crippen molar-refractivity contribution in [3.05, 3.63) is 76.1 Å². The minimum Gasteiger partial charge on any atom is -0.376 e. The van der Waals surface area contributed by atoms with Crippen LogP contribution in [0.2, 0.25) is 5.02 Å². The molecule has 1 aliphatic carbocycles. The lowest BCUT2D eigenvalue weighted by atomic mass is 9.75. The average molecular weight is 368 g/mol. The maximum Gasteiger partial charge on any atom is 0.416 e. The molecule has 0 amide bonds. The van der Waals surface area contributed by atoms with Crippen LogP contribution in [0.5, 0.6) is 0 Å². The summed E-state index contributed by atoms with van der Waals surface area (Å²) in [5, 5.41) is 3.31. The number of hydrogen-bond donors (Lipinski definition) is 1. The molecule has 1 nitrogen and oxygen atoms in total. The third kappa shape index (κ3) is 2.61. The Hall–Kier alpha value is -2.01.